The number of piperidine rings is 1. The third-order valence-corrected chi connectivity index (χ3v) is 5.42. The standard InChI is InChI=1S/C15H29N/c1-11-9-10-12-7-6-8-13(15(2,3)4)14(12)16(11)5/h11-14H,6-10H2,1-5H3/p+1/t11-,12-,13-,14-/m1/s1. The van der Waals surface area contributed by atoms with Crippen LogP contribution in [0, 0.1) is 17.3 Å². The van der Waals surface area contributed by atoms with Crippen molar-refractivity contribution in [3.05, 3.63) is 0 Å². The first-order valence-corrected chi connectivity index (χ1v) is 7.24. The van der Waals surface area contributed by atoms with Gasteiger partial charge in [-0.3, -0.25) is 0 Å². The van der Waals surface area contributed by atoms with Gasteiger partial charge >= 0.3 is 0 Å². The van der Waals surface area contributed by atoms with E-state index in [1.807, 2.05) is 4.90 Å². The van der Waals surface area contributed by atoms with Crippen LogP contribution >= 0.6 is 0 Å². The summed E-state index contributed by atoms with van der Waals surface area (Å²) < 4.78 is 0. The number of rotatable bonds is 0. The normalized spacial score (nSPS) is 45.2. The second kappa shape index (κ2) is 4.33. The molecule has 0 spiro atoms. The minimum absolute atomic E-state index is 0.502. The van der Waals surface area contributed by atoms with Gasteiger partial charge in [-0.1, -0.05) is 27.2 Å². The first-order valence-electron chi connectivity index (χ1n) is 7.24. The number of nitrogens with one attached hydrogen (secondary N) is 1. The van der Waals surface area contributed by atoms with Gasteiger partial charge in [-0.15, -0.1) is 0 Å². The molecule has 1 nitrogen and oxygen atoms in total. The topological polar surface area (TPSA) is 4.44 Å². The van der Waals surface area contributed by atoms with Crippen LogP contribution in [0.1, 0.15) is 59.8 Å². The molecule has 0 aromatic rings. The van der Waals surface area contributed by atoms with Crippen LogP contribution in [-0.4, -0.2) is 19.1 Å². The molecule has 1 heteroatoms. The smallest absolute Gasteiger partial charge is 0.0936 e. The molecule has 1 aliphatic heterocycles. The van der Waals surface area contributed by atoms with Gasteiger partial charge < -0.3 is 4.90 Å². The summed E-state index contributed by atoms with van der Waals surface area (Å²) in [5.41, 5.74) is 0.502. The second-order valence-corrected chi connectivity index (χ2v) is 7.41. The molecule has 1 aliphatic carbocycles. The van der Waals surface area contributed by atoms with E-state index in [9.17, 15) is 0 Å². The number of hydrogen-bond acceptors (Lipinski definition) is 0. The van der Waals surface area contributed by atoms with E-state index in [4.69, 9.17) is 0 Å². The minimum atomic E-state index is 0.502. The maximum absolute atomic E-state index is 2.45. The molecule has 94 valence electrons. The zero-order valence-corrected chi connectivity index (χ0v) is 11.8. The largest absolute Gasteiger partial charge is 0.332 e. The number of quaternary nitrogens is 1. The Morgan fingerprint density at radius 3 is 2.31 bits per heavy atom. The van der Waals surface area contributed by atoms with Gasteiger partial charge in [0.15, 0.2) is 0 Å². The Labute approximate surface area is 102 Å². The molecule has 1 N–H and O–H groups in total. The molecule has 1 unspecified atom stereocenters. The van der Waals surface area contributed by atoms with E-state index in [0.29, 0.717) is 5.41 Å². The Morgan fingerprint density at radius 2 is 1.69 bits per heavy atom. The van der Waals surface area contributed by atoms with Crippen LogP contribution in [0.3, 0.4) is 0 Å². The lowest BCUT2D eigenvalue weighted by Gasteiger charge is -2.50. The van der Waals surface area contributed by atoms with Crippen molar-refractivity contribution in [3.63, 3.8) is 0 Å². The first kappa shape index (κ1) is 12.4. The summed E-state index contributed by atoms with van der Waals surface area (Å²) in [6, 6.07) is 1.82. The zero-order chi connectivity index (χ0) is 11.9. The van der Waals surface area contributed by atoms with E-state index >= 15 is 0 Å². The van der Waals surface area contributed by atoms with Crippen molar-refractivity contribution in [2.75, 3.05) is 7.05 Å². The highest BCUT2D eigenvalue weighted by molar-refractivity contribution is 4.90. The van der Waals surface area contributed by atoms with Crippen molar-refractivity contribution in [3.8, 4) is 0 Å². The Kier molecular flexibility index (Phi) is 3.36. The van der Waals surface area contributed by atoms with E-state index in [-0.39, 0.29) is 0 Å². The minimum Gasteiger partial charge on any atom is -0.332 e. The lowest BCUT2D eigenvalue weighted by Crippen LogP contribution is -3.19. The molecular weight excluding hydrogens is 194 g/mol. The van der Waals surface area contributed by atoms with Gasteiger partial charge in [-0.2, -0.15) is 0 Å². The summed E-state index contributed by atoms with van der Waals surface area (Å²) in [6.45, 7) is 9.80. The molecule has 0 aromatic carbocycles. The third kappa shape index (κ3) is 2.16. The Balaban J connectivity index is 2.20. The lowest BCUT2D eigenvalue weighted by atomic mass is 9.63. The lowest BCUT2D eigenvalue weighted by molar-refractivity contribution is -0.945. The molecule has 1 saturated heterocycles. The van der Waals surface area contributed by atoms with Crippen molar-refractivity contribution < 1.29 is 4.90 Å². The molecule has 1 heterocycles. The van der Waals surface area contributed by atoms with E-state index in [2.05, 4.69) is 34.7 Å². The highest BCUT2D eigenvalue weighted by Crippen LogP contribution is 2.42. The van der Waals surface area contributed by atoms with Gasteiger partial charge in [0.25, 0.3) is 0 Å². The van der Waals surface area contributed by atoms with E-state index in [1.165, 1.54) is 32.1 Å². The number of hydrogen-bond donors (Lipinski definition) is 1. The van der Waals surface area contributed by atoms with Gasteiger partial charge in [0.1, 0.15) is 0 Å². The molecule has 16 heavy (non-hydrogen) atoms. The Hall–Kier alpha value is -0.0400. The van der Waals surface area contributed by atoms with Gasteiger partial charge in [0.05, 0.1) is 19.1 Å². The first-order chi connectivity index (χ1) is 7.41. The van der Waals surface area contributed by atoms with Crippen molar-refractivity contribution in [2.24, 2.45) is 17.3 Å². The molecule has 0 aromatic heterocycles. The van der Waals surface area contributed by atoms with Crippen LogP contribution in [0.15, 0.2) is 0 Å². The molecule has 0 bridgehead atoms. The monoisotopic (exact) mass is 224 g/mol. The van der Waals surface area contributed by atoms with Crippen molar-refractivity contribution >= 4 is 0 Å². The Morgan fingerprint density at radius 1 is 1.00 bits per heavy atom. The van der Waals surface area contributed by atoms with Crippen molar-refractivity contribution in [2.45, 2.75) is 71.9 Å². The quantitative estimate of drug-likeness (QED) is 0.645. The number of likely N-dealkylation sites (tertiary alicyclic amines) is 1. The molecule has 0 radical (unpaired) electrons. The van der Waals surface area contributed by atoms with Gasteiger partial charge in [0.2, 0.25) is 0 Å². The summed E-state index contributed by atoms with van der Waals surface area (Å²) in [5, 5.41) is 0. The van der Waals surface area contributed by atoms with Crippen LogP contribution in [0.2, 0.25) is 0 Å². The van der Waals surface area contributed by atoms with E-state index < -0.39 is 0 Å². The SMILES string of the molecule is C[C@@H]1CC[C@H]2CCC[C@@H](C(C)(C)C)[C@@H]2[NH+]1C. The average molecular weight is 224 g/mol. The molecule has 2 aliphatic rings. The molecular formula is C15H30N+. The average Bonchev–Trinajstić information content (AvgIpc) is 2.21. The fraction of sp³-hybridized carbons (Fsp3) is 1.00. The van der Waals surface area contributed by atoms with Gasteiger partial charge in [-0.25, -0.2) is 0 Å². The highest BCUT2D eigenvalue weighted by Gasteiger charge is 2.47. The summed E-state index contributed by atoms with van der Waals surface area (Å²) >= 11 is 0. The zero-order valence-electron chi connectivity index (χ0n) is 11.8. The van der Waals surface area contributed by atoms with Crippen LogP contribution in [0.5, 0.6) is 0 Å². The molecule has 0 amide bonds. The van der Waals surface area contributed by atoms with Crippen LogP contribution in [0.4, 0.5) is 0 Å². The Bertz CT molecular complexity index is 238. The number of fused-ring (bicyclic) bond motifs is 1. The molecule has 5 atom stereocenters. The van der Waals surface area contributed by atoms with E-state index in [1.54, 1.807) is 0 Å². The predicted molar refractivity (Wildman–Crippen MR) is 69.7 cm³/mol. The molecule has 1 saturated carbocycles. The summed E-state index contributed by atoms with van der Waals surface area (Å²) in [4.78, 5) is 1.83. The predicted octanol–water partition coefficient (Wildman–Crippen LogP) is 2.51. The maximum atomic E-state index is 2.45. The fourth-order valence-corrected chi connectivity index (χ4v) is 4.29. The second-order valence-electron chi connectivity index (χ2n) is 7.41. The highest BCUT2D eigenvalue weighted by atomic mass is 15.2. The maximum Gasteiger partial charge on any atom is 0.0936 e. The van der Waals surface area contributed by atoms with Crippen LogP contribution in [0.25, 0.3) is 0 Å². The third-order valence-electron chi connectivity index (χ3n) is 5.42. The fourth-order valence-electron chi connectivity index (χ4n) is 4.29. The summed E-state index contributed by atoms with van der Waals surface area (Å²) in [6.07, 6.45) is 7.39. The van der Waals surface area contributed by atoms with Gasteiger partial charge in [0, 0.05) is 11.8 Å². The van der Waals surface area contributed by atoms with Crippen molar-refractivity contribution in [1.82, 2.24) is 0 Å². The molecule has 2 fully saturated rings. The summed E-state index contributed by atoms with van der Waals surface area (Å²) in [7, 11) is 2.45. The van der Waals surface area contributed by atoms with Crippen LogP contribution < -0.4 is 4.90 Å². The van der Waals surface area contributed by atoms with E-state index in [0.717, 1.165) is 23.9 Å². The molecule has 2 rings (SSSR count). The summed E-state index contributed by atoms with van der Waals surface area (Å²) in [5.74, 6) is 1.96. The van der Waals surface area contributed by atoms with Gasteiger partial charge in [-0.05, 0) is 38.0 Å². The van der Waals surface area contributed by atoms with Crippen molar-refractivity contribution in [1.29, 1.82) is 0 Å². The van der Waals surface area contributed by atoms with Crippen LogP contribution in [-0.2, 0) is 0 Å².